The Bertz CT molecular complexity index is 953. The summed E-state index contributed by atoms with van der Waals surface area (Å²) in [6.07, 6.45) is 4.40. The maximum Gasteiger partial charge on any atom is 0.188 e. The third-order valence-corrected chi connectivity index (χ3v) is 5.49. The molecule has 1 atom stereocenters. The van der Waals surface area contributed by atoms with Crippen molar-refractivity contribution in [2.75, 3.05) is 11.9 Å². The van der Waals surface area contributed by atoms with Gasteiger partial charge < -0.3 is 15.8 Å². The molecule has 0 amide bonds. The van der Waals surface area contributed by atoms with Gasteiger partial charge in [0.25, 0.3) is 0 Å². The van der Waals surface area contributed by atoms with Gasteiger partial charge in [-0.15, -0.1) is 0 Å². The molecular weight excluding hydrogens is 382 g/mol. The van der Waals surface area contributed by atoms with E-state index < -0.39 is 0 Å². The topological polar surface area (TPSA) is 86.0 Å². The minimum absolute atomic E-state index is 0.341. The van der Waals surface area contributed by atoms with Crippen LogP contribution in [0.4, 0.5) is 10.8 Å². The van der Waals surface area contributed by atoms with Gasteiger partial charge in [0.05, 0.1) is 10.6 Å². The van der Waals surface area contributed by atoms with Crippen molar-refractivity contribution in [1.29, 1.82) is 0 Å². The van der Waals surface area contributed by atoms with E-state index in [2.05, 4.69) is 40.2 Å². The highest BCUT2D eigenvalue weighted by Gasteiger charge is 2.21. The lowest BCUT2D eigenvalue weighted by molar-refractivity contribution is 0.206. The predicted octanol–water partition coefficient (Wildman–Crippen LogP) is 5.10. The van der Waals surface area contributed by atoms with Gasteiger partial charge in [-0.05, 0) is 62.9 Å². The maximum absolute atomic E-state index is 6.36. The Labute approximate surface area is 176 Å². The molecule has 3 N–H and O–H groups in total. The number of nitrogens with two attached hydrogens (primary N) is 1. The van der Waals surface area contributed by atoms with E-state index in [1.54, 1.807) is 23.7 Å². The summed E-state index contributed by atoms with van der Waals surface area (Å²) >= 11 is 1.54. The summed E-state index contributed by atoms with van der Waals surface area (Å²) in [4.78, 5) is 14.2. The first-order valence-electron chi connectivity index (χ1n) is 9.78. The smallest absolute Gasteiger partial charge is 0.188 e. The van der Waals surface area contributed by atoms with E-state index in [0.717, 1.165) is 39.1 Å². The van der Waals surface area contributed by atoms with Crippen LogP contribution in [0.2, 0.25) is 0 Å². The van der Waals surface area contributed by atoms with Crippen molar-refractivity contribution >= 4 is 22.2 Å². The van der Waals surface area contributed by atoms with Crippen LogP contribution in [-0.4, -0.2) is 27.1 Å². The van der Waals surface area contributed by atoms with Crippen LogP contribution in [0.3, 0.4) is 0 Å². The number of hydrogen-bond donors (Lipinski definition) is 2. The highest BCUT2D eigenvalue weighted by molar-refractivity contribution is 7.19. The molecule has 0 aliphatic heterocycles. The highest BCUT2D eigenvalue weighted by atomic mass is 32.1. The van der Waals surface area contributed by atoms with Crippen LogP contribution in [0, 0.1) is 19.8 Å². The van der Waals surface area contributed by atoms with E-state index >= 15 is 0 Å². The first kappa shape index (κ1) is 21.2. The molecule has 7 heteroatoms. The van der Waals surface area contributed by atoms with E-state index in [1.165, 1.54) is 0 Å². The van der Waals surface area contributed by atoms with E-state index in [4.69, 9.17) is 10.5 Å². The van der Waals surface area contributed by atoms with Gasteiger partial charge in [-0.1, -0.05) is 25.2 Å². The zero-order valence-electron chi connectivity index (χ0n) is 17.7. The average Bonchev–Trinajstić information content (AvgIpc) is 3.01. The standard InChI is InChI=1S/C22H29N5OS/c1-14(2)12-22(5,23)13-28-18-8-7-17(11-15(18)3)27-21-26-16(4)19(29-21)20-24-9-6-10-25-20/h6-11,14H,12-13,23H2,1-5H3,(H,26,27). The van der Waals surface area contributed by atoms with Gasteiger partial charge in [-0.3, -0.25) is 0 Å². The predicted molar refractivity (Wildman–Crippen MR) is 120 cm³/mol. The van der Waals surface area contributed by atoms with Crippen LogP contribution < -0.4 is 15.8 Å². The summed E-state index contributed by atoms with van der Waals surface area (Å²) in [5.41, 5.74) is 8.94. The number of hydrogen-bond acceptors (Lipinski definition) is 7. The highest BCUT2D eigenvalue weighted by Crippen LogP contribution is 2.33. The number of nitrogens with zero attached hydrogens (tertiary/aromatic N) is 3. The number of thiazole rings is 1. The summed E-state index contributed by atoms with van der Waals surface area (Å²) in [7, 11) is 0. The molecule has 6 nitrogen and oxygen atoms in total. The number of anilines is 2. The molecule has 0 saturated heterocycles. The Morgan fingerprint density at radius 3 is 2.59 bits per heavy atom. The third-order valence-electron chi connectivity index (χ3n) is 4.42. The largest absolute Gasteiger partial charge is 0.491 e. The Balaban J connectivity index is 1.68. The summed E-state index contributed by atoms with van der Waals surface area (Å²) in [5, 5.41) is 4.18. The van der Waals surface area contributed by atoms with Gasteiger partial charge >= 0.3 is 0 Å². The van der Waals surface area contributed by atoms with Crippen molar-refractivity contribution in [1.82, 2.24) is 15.0 Å². The van der Waals surface area contributed by atoms with Gasteiger partial charge in [-0.25, -0.2) is 15.0 Å². The number of ether oxygens (including phenoxy) is 1. The van der Waals surface area contributed by atoms with Crippen molar-refractivity contribution in [3.05, 3.63) is 47.9 Å². The average molecular weight is 412 g/mol. The number of aryl methyl sites for hydroxylation is 2. The molecule has 2 heterocycles. The molecule has 3 aromatic rings. The maximum atomic E-state index is 6.36. The number of benzene rings is 1. The number of nitrogens with one attached hydrogen (secondary N) is 1. The van der Waals surface area contributed by atoms with Crippen LogP contribution in [-0.2, 0) is 0 Å². The van der Waals surface area contributed by atoms with Crippen LogP contribution >= 0.6 is 11.3 Å². The van der Waals surface area contributed by atoms with E-state index in [-0.39, 0.29) is 5.54 Å². The summed E-state index contributed by atoms with van der Waals surface area (Å²) in [6, 6.07) is 7.83. The molecule has 29 heavy (non-hydrogen) atoms. The van der Waals surface area contributed by atoms with E-state index in [1.807, 2.05) is 39.0 Å². The fourth-order valence-corrected chi connectivity index (χ4v) is 4.26. The van der Waals surface area contributed by atoms with E-state index in [0.29, 0.717) is 18.3 Å². The molecular formula is C22H29N5OS. The molecule has 3 rings (SSSR count). The Hall–Kier alpha value is -2.51. The number of rotatable bonds is 8. The second-order valence-corrected chi connectivity index (χ2v) is 9.15. The molecule has 0 radical (unpaired) electrons. The molecule has 0 spiro atoms. The fourth-order valence-electron chi connectivity index (χ4n) is 3.32. The van der Waals surface area contributed by atoms with Gasteiger partial charge in [0, 0.05) is 23.6 Å². The molecule has 154 valence electrons. The van der Waals surface area contributed by atoms with Crippen molar-refractivity contribution in [2.24, 2.45) is 11.7 Å². The third kappa shape index (κ3) is 5.74. The zero-order valence-corrected chi connectivity index (χ0v) is 18.5. The summed E-state index contributed by atoms with van der Waals surface area (Å²) < 4.78 is 6.01. The summed E-state index contributed by atoms with van der Waals surface area (Å²) in [6.45, 7) is 10.9. The van der Waals surface area contributed by atoms with Gasteiger partial charge in [-0.2, -0.15) is 0 Å². The SMILES string of the molecule is Cc1cc(Nc2nc(C)c(-c3ncccn3)s2)ccc1OCC(C)(N)CC(C)C. The van der Waals surface area contributed by atoms with Gasteiger partial charge in [0.1, 0.15) is 12.4 Å². The van der Waals surface area contributed by atoms with Crippen molar-refractivity contribution < 1.29 is 4.74 Å². The minimum atomic E-state index is -0.341. The second-order valence-electron chi connectivity index (χ2n) is 8.15. The fraction of sp³-hybridized carbons (Fsp3) is 0.409. The Morgan fingerprint density at radius 2 is 1.93 bits per heavy atom. The Kier molecular flexibility index (Phi) is 6.49. The second kappa shape index (κ2) is 8.88. The van der Waals surface area contributed by atoms with Crippen LogP contribution in [0.1, 0.15) is 38.4 Å². The van der Waals surface area contributed by atoms with Crippen molar-refractivity contribution in [3.8, 4) is 16.5 Å². The lowest BCUT2D eigenvalue weighted by Gasteiger charge is -2.27. The summed E-state index contributed by atoms with van der Waals surface area (Å²) in [5.74, 6) is 2.08. The monoisotopic (exact) mass is 411 g/mol. The molecule has 0 bridgehead atoms. The molecule has 1 unspecified atom stereocenters. The lowest BCUT2D eigenvalue weighted by Crippen LogP contribution is -2.43. The molecule has 0 aliphatic rings. The molecule has 0 saturated carbocycles. The van der Waals surface area contributed by atoms with Crippen molar-refractivity contribution in [2.45, 2.75) is 46.6 Å². The molecule has 0 aliphatic carbocycles. The number of aromatic nitrogens is 3. The lowest BCUT2D eigenvalue weighted by atomic mass is 9.93. The van der Waals surface area contributed by atoms with Crippen molar-refractivity contribution in [3.63, 3.8) is 0 Å². The Morgan fingerprint density at radius 1 is 1.21 bits per heavy atom. The normalized spacial score (nSPS) is 13.3. The van der Waals surface area contributed by atoms with Gasteiger partial charge in [0.15, 0.2) is 11.0 Å². The quantitative estimate of drug-likeness (QED) is 0.536. The first-order valence-corrected chi connectivity index (χ1v) is 10.6. The van der Waals surface area contributed by atoms with Gasteiger partial charge in [0.2, 0.25) is 0 Å². The van der Waals surface area contributed by atoms with E-state index in [9.17, 15) is 0 Å². The molecule has 2 aromatic heterocycles. The van der Waals surface area contributed by atoms with Crippen LogP contribution in [0.5, 0.6) is 5.75 Å². The van der Waals surface area contributed by atoms with Crippen LogP contribution in [0.25, 0.3) is 10.7 Å². The minimum Gasteiger partial charge on any atom is -0.491 e. The molecule has 1 aromatic carbocycles. The zero-order chi connectivity index (χ0) is 21.0. The van der Waals surface area contributed by atoms with Crippen LogP contribution in [0.15, 0.2) is 36.7 Å². The first-order chi connectivity index (χ1) is 13.7. The molecule has 0 fully saturated rings.